The summed E-state index contributed by atoms with van der Waals surface area (Å²) in [5, 5.41) is 0. The highest BCUT2D eigenvalue weighted by atomic mass is 35.7. The fraction of sp³-hybridized carbons (Fsp3) is 1.00. The molecule has 0 saturated heterocycles. The van der Waals surface area contributed by atoms with Crippen molar-refractivity contribution in [2.45, 2.75) is 27.7 Å². The molecule has 0 amide bonds. The highest BCUT2D eigenvalue weighted by Gasteiger charge is 2.20. The standard InChI is InChI=1S/C8H18ClNO2S/c1-7(2)5-10(6-8(3)4)13(9,11)12/h7-8H,5-6H2,1-4H3. The lowest BCUT2D eigenvalue weighted by molar-refractivity contribution is 0.339. The van der Waals surface area contributed by atoms with Crippen LogP contribution in [0.4, 0.5) is 0 Å². The molecule has 0 aromatic carbocycles. The summed E-state index contributed by atoms with van der Waals surface area (Å²) in [4.78, 5) is 0. The third-order valence-corrected chi connectivity index (χ3v) is 2.95. The van der Waals surface area contributed by atoms with Crippen LogP contribution in [0.3, 0.4) is 0 Å². The minimum Gasteiger partial charge on any atom is -0.195 e. The van der Waals surface area contributed by atoms with Crippen molar-refractivity contribution in [3.05, 3.63) is 0 Å². The van der Waals surface area contributed by atoms with E-state index in [0.29, 0.717) is 24.9 Å². The van der Waals surface area contributed by atoms with Gasteiger partial charge in [0.25, 0.3) is 9.24 Å². The molecule has 80 valence electrons. The van der Waals surface area contributed by atoms with Gasteiger partial charge in [-0.2, -0.15) is 12.7 Å². The highest BCUT2D eigenvalue weighted by molar-refractivity contribution is 8.11. The molecule has 0 aliphatic rings. The van der Waals surface area contributed by atoms with E-state index in [4.69, 9.17) is 10.7 Å². The minimum absolute atomic E-state index is 0.298. The SMILES string of the molecule is CC(C)CN(CC(C)C)S(=O)(=O)Cl. The topological polar surface area (TPSA) is 37.4 Å². The summed E-state index contributed by atoms with van der Waals surface area (Å²) in [5.74, 6) is 0.597. The Morgan fingerprint density at radius 1 is 1.08 bits per heavy atom. The summed E-state index contributed by atoms with van der Waals surface area (Å²) in [7, 11) is 1.74. The second-order valence-electron chi connectivity index (χ2n) is 4.05. The van der Waals surface area contributed by atoms with Gasteiger partial charge in [-0.15, -0.1) is 0 Å². The van der Waals surface area contributed by atoms with Crippen LogP contribution in [0.25, 0.3) is 0 Å². The highest BCUT2D eigenvalue weighted by Crippen LogP contribution is 2.12. The summed E-state index contributed by atoms with van der Waals surface area (Å²) in [6, 6.07) is 0. The normalized spacial score (nSPS) is 13.2. The van der Waals surface area contributed by atoms with Crippen molar-refractivity contribution < 1.29 is 8.42 Å². The monoisotopic (exact) mass is 227 g/mol. The van der Waals surface area contributed by atoms with Crippen molar-refractivity contribution in [3.63, 3.8) is 0 Å². The first kappa shape index (κ1) is 13.2. The molecule has 0 heterocycles. The lowest BCUT2D eigenvalue weighted by Crippen LogP contribution is -2.33. The number of nitrogens with zero attached hydrogens (tertiary/aromatic N) is 1. The molecular formula is C8H18ClNO2S. The molecule has 0 N–H and O–H groups in total. The maximum atomic E-state index is 11.1. The third kappa shape index (κ3) is 6.29. The zero-order valence-corrected chi connectivity index (χ0v) is 10.2. The molecule has 0 fully saturated rings. The molecule has 0 aromatic rings. The number of hydrogen-bond acceptors (Lipinski definition) is 2. The van der Waals surface area contributed by atoms with E-state index in [0.717, 1.165) is 0 Å². The van der Waals surface area contributed by atoms with E-state index in [1.165, 1.54) is 4.31 Å². The fourth-order valence-corrected chi connectivity index (χ4v) is 2.36. The van der Waals surface area contributed by atoms with Gasteiger partial charge >= 0.3 is 0 Å². The summed E-state index contributed by atoms with van der Waals surface area (Å²) in [6.07, 6.45) is 0. The van der Waals surface area contributed by atoms with Crippen LogP contribution in [-0.4, -0.2) is 25.8 Å². The minimum atomic E-state index is -3.55. The molecule has 0 aromatic heterocycles. The van der Waals surface area contributed by atoms with E-state index in [9.17, 15) is 8.42 Å². The molecule has 0 aliphatic heterocycles. The molecule has 13 heavy (non-hydrogen) atoms. The molecule has 0 atom stereocenters. The van der Waals surface area contributed by atoms with Gasteiger partial charge in [0.15, 0.2) is 0 Å². The molecule has 0 rings (SSSR count). The Morgan fingerprint density at radius 3 is 1.54 bits per heavy atom. The summed E-state index contributed by atoms with van der Waals surface area (Å²) < 4.78 is 23.5. The van der Waals surface area contributed by atoms with Crippen LogP contribution in [0, 0.1) is 11.8 Å². The van der Waals surface area contributed by atoms with E-state index in [-0.39, 0.29) is 0 Å². The van der Waals surface area contributed by atoms with Crippen LogP contribution in [0.5, 0.6) is 0 Å². The van der Waals surface area contributed by atoms with E-state index in [2.05, 4.69) is 0 Å². The van der Waals surface area contributed by atoms with Crippen LogP contribution in [-0.2, 0) is 9.24 Å². The number of halogens is 1. The van der Waals surface area contributed by atoms with Gasteiger partial charge in [0, 0.05) is 23.8 Å². The quantitative estimate of drug-likeness (QED) is 0.675. The summed E-state index contributed by atoms with van der Waals surface area (Å²) in [6.45, 7) is 8.85. The molecule has 5 heteroatoms. The summed E-state index contributed by atoms with van der Waals surface area (Å²) in [5.41, 5.74) is 0. The van der Waals surface area contributed by atoms with E-state index in [1.54, 1.807) is 0 Å². The van der Waals surface area contributed by atoms with Crippen molar-refractivity contribution in [1.29, 1.82) is 0 Å². The van der Waals surface area contributed by atoms with Crippen LogP contribution in [0.1, 0.15) is 27.7 Å². The zero-order valence-electron chi connectivity index (χ0n) is 8.62. The average Bonchev–Trinajstić information content (AvgIpc) is 1.81. The molecule has 0 radical (unpaired) electrons. The first-order chi connectivity index (χ1) is 5.73. The zero-order chi connectivity index (χ0) is 10.6. The molecule has 0 unspecified atom stereocenters. The second kappa shape index (κ2) is 5.17. The number of rotatable bonds is 5. The predicted molar refractivity (Wildman–Crippen MR) is 56.0 cm³/mol. The van der Waals surface area contributed by atoms with Crippen molar-refractivity contribution in [2.24, 2.45) is 11.8 Å². The Balaban J connectivity index is 4.39. The van der Waals surface area contributed by atoms with Gasteiger partial charge in [-0.1, -0.05) is 27.7 Å². The van der Waals surface area contributed by atoms with Crippen molar-refractivity contribution in [1.82, 2.24) is 4.31 Å². The van der Waals surface area contributed by atoms with Crippen LogP contribution >= 0.6 is 10.7 Å². The average molecular weight is 228 g/mol. The van der Waals surface area contributed by atoms with Crippen molar-refractivity contribution in [2.75, 3.05) is 13.1 Å². The van der Waals surface area contributed by atoms with Gasteiger partial charge in [0.1, 0.15) is 0 Å². The number of hydrogen-bond donors (Lipinski definition) is 0. The Hall–Kier alpha value is 0.200. The van der Waals surface area contributed by atoms with Gasteiger partial charge in [-0.05, 0) is 11.8 Å². The second-order valence-corrected chi connectivity index (χ2v) is 6.56. The Kier molecular flexibility index (Phi) is 5.25. The van der Waals surface area contributed by atoms with Crippen molar-refractivity contribution in [3.8, 4) is 0 Å². The third-order valence-electron chi connectivity index (χ3n) is 1.45. The van der Waals surface area contributed by atoms with Crippen LogP contribution < -0.4 is 0 Å². The Bertz CT molecular complexity index is 227. The van der Waals surface area contributed by atoms with E-state index in [1.807, 2.05) is 27.7 Å². The largest absolute Gasteiger partial charge is 0.299 e. The van der Waals surface area contributed by atoms with Gasteiger partial charge < -0.3 is 0 Å². The Morgan fingerprint density at radius 2 is 1.38 bits per heavy atom. The maximum Gasteiger partial charge on any atom is 0.299 e. The maximum absolute atomic E-state index is 11.1. The van der Waals surface area contributed by atoms with Gasteiger partial charge in [-0.25, -0.2) is 0 Å². The molecule has 0 saturated carbocycles. The lowest BCUT2D eigenvalue weighted by atomic mass is 10.2. The first-order valence-electron chi connectivity index (χ1n) is 4.43. The lowest BCUT2D eigenvalue weighted by Gasteiger charge is -2.21. The fourth-order valence-electron chi connectivity index (χ4n) is 1.07. The van der Waals surface area contributed by atoms with Gasteiger partial charge in [0.2, 0.25) is 0 Å². The predicted octanol–water partition coefficient (Wildman–Crippen LogP) is 2.08. The first-order valence-corrected chi connectivity index (χ1v) is 6.69. The van der Waals surface area contributed by atoms with Gasteiger partial charge in [-0.3, -0.25) is 0 Å². The van der Waals surface area contributed by atoms with Crippen LogP contribution in [0.15, 0.2) is 0 Å². The Labute approximate surface area is 85.6 Å². The molecular weight excluding hydrogens is 210 g/mol. The van der Waals surface area contributed by atoms with Crippen molar-refractivity contribution >= 4 is 19.9 Å². The van der Waals surface area contributed by atoms with E-state index >= 15 is 0 Å². The van der Waals surface area contributed by atoms with Crippen LogP contribution in [0.2, 0.25) is 0 Å². The summed E-state index contributed by atoms with van der Waals surface area (Å²) >= 11 is 0. The van der Waals surface area contributed by atoms with Gasteiger partial charge in [0.05, 0.1) is 0 Å². The molecule has 0 spiro atoms. The molecule has 0 aliphatic carbocycles. The molecule has 3 nitrogen and oxygen atoms in total. The van der Waals surface area contributed by atoms with E-state index < -0.39 is 9.24 Å². The molecule has 0 bridgehead atoms. The smallest absolute Gasteiger partial charge is 0.195 e.